The van der Waals surface area contributed by atoms with Crippen LogP contribution in [0.4, 0.5) is 10.3 Å². The molecule has 2 aromatic rings. The zero-order valence-corrected chi connectivity index (χ0v) is 9.70. The van der Waals surface area contributed by atoms with Gasteiger partial charge in [0.15, 0.2) is 0 Å². The van der Waals surface area contributed by atoms with E-state index in [2.05, 4.69) is 10.3 Å². The second-order valence-corrected chi connectivity index (χ2v) is 3.88. The molecule has 2 rings (SSSR count). The van der Waals surface area contributed by atoms with Crippen molar-refractivity contribution in [2.75, 3.05) is 5.32 Å². The number of anilines is 1. The number of hydrogen-bond acceptors (Lipinski definition) is 2. The van der Waals surface area contributed by atoms with Crippen LogP contribution in [0.25, 0.3) is 0 Å². The van der Waals surface area contributed by atoms with Crippen molar-refractivity contribution in [1.82, 2.24) is 9.55 Å². The first-order valence-corrected chi connectivity index (χ1v) is 5.19. The lowest BCUT2D eigenvalue weighted by molar-refractivity contribution is 0.102. The van der Waals surface area contributed by atoms with Crippen LogP contribution in [0, 0.1) is 5.82 Å². The van der Waals surface area contributed by atoms with Gasteiger partial charge in [-0.05, 0) is 18.2 Å². The standard InChI is InChI=1S/C11H9ClFN3O/c1-16-5-4-14-11(16)15-10(17)8-6-7(12)2-3-9(8)13/h2-6H,1H3,(H,14,15,17). The molecule has 0 unspecified atom stereocenters. The van der Waals surface area contributed by atoms with E-state index in [4.69, 9.17) is 11.6 Å². The first-order valence-electron chi connectivity index (χ1n) is 4.81. The smallest absolute Gasteiger partial charge is 0.260 e. The van der Waals surface area contributed by atoms with Crippen LogP contribution in [0.3, 0.4) is 0 Å². The predicted molar refractivity (Wildman–Crippen MR) is 62.6 cm³/mol. The topological polar surface area (TPSA) is 46.9 Å². The minimum Gasteiger partial charge on any atom is -0.320 e. The summed E-state index contributed by atoms with van der Waals surface area (Å²) < 4.78 is 15.0. The van der Waals surface area contributed by atoms with Crippen molar-refractivity contribution in [2.45, 2.75) is 0 Å². The number of benzene rings is 1. The summed E-state index contributed by atoms with van der Waals surface area (Å²) in [5.41, 5.74) is -0.111. The zero-order chi connectivity index (χ0) is 12.4. The van der Waals surface area contributed by atoms with Gasteiger partial charge in [-0.2, -0.15) is 0 Å². The minimum absolute atomic E-state index is 0.111. The summed E-state index contributed by atoms with van der Waals surface area (Å²) in [5, 5.41) is 2.79. The van der Waals surface area contributed by atoms with Crippen LogP contribution in [0.15, 0.2) is 30.6 Å². The molecule has 0 bridgehead atoms. The molecule has 17 heavy (non-hydrogen) atoms. The molecular formula is C11H9ClFN3O. The fraction of sp³-hybridized carbons (Fsp3) is 0.0909. The van der Waals surface area contributed by atoms with Crippen LogP contribution in [0.1, 0.15) is 10.4 Å². The van der Waals surface area contributed by atoms with Crippen molar-refractivity contribution in [3.63, 3.8) is 0 Å². The summed E-state index contributed by atoms with van der Waals surface area (Å²) in [4.78, 5) is 15.7. The normalized spacial score (nSPS) is 10.3. The Labute approximate surface area is 102 Å². The third-order valence-corrected chi connectivity index (χ3v) is 2.45. The van der Waals surface area contributed by atoms with Crippen LogP contribution in [0.2, 0.25) is 5.02 Å². The van der Waals surface area contributed by atoms with E-state index in [0.717, 1.165) is 6.07 Å². The lowest BCUT2D eigenvalue weighted by atomic mass is 10.2. The Morgan fingerprint density at radius 1 is 1.53 bits per heavy atom. The minimum atomic E-state index is -0.624. The Bertz CT molecular complexity index is 568. The summed E-state index contributed by atoms with van der Waals surface area (Å²) in [6.45, 7) is 0. The van der Waals surface area contributed by atoms with Gasteiger partial charge in [0.05, 0.1) is 5.56 Å². The number of aromatic nitrogens is 2. The fourth-order valence-electron chi connectivity index (χ4n) is 1.33. The van der Waals surface area contributed by atoms with Gasteiger partial charge in [-0.3, -0.25) is 10.1 Å². The number of carbonyl (C=O) groups excluding carboxylic acids is 1. The Morgan fingerprint density at radius 3 is 2.94 bits per heavy atom. The van der Waals surface area contributed by atoms with E-state index >= 15 is 0 Å². The van der Waals surface area contributed by atoms with E-state index in [1.165, 1.54) is 18.3 Å². The maximum absolute atomic E-state index is 13.4. The number of rotatable bonds is 2. The van der Waals surface area contributed by atoms with Crippen LogP contribution in [-0.2, 0) is 7.05 Å². The molecule has 1 N–H and O–H groups in total. The molecule has 1 aromatic heterocycles. The second kappa shape index (κ2) is 4.55. The molecule has 0 saturated heterocycles. The van der Waals surface area contributed by atoms with Gasteiger partial charge < -0.3 is 4.57 Å². The van der Waals surface area contributed by atoms with Gasteiger partial charge in [0.1, 0.15) is 5.82 Å². The summed E-state index contributed by atoms with van der Waals surface area (Å²) in [5.74, 6) is -0.866. The molecule has 88 valence electrons. The summed E-state index contributed by atoms with van der Waals surface area (Å²) in [6.07, 6.45) is 3.20. The highest BCUT2D eigenvalue weighted by Crippen LogP contribution is 2.16. The van der Waals surface area contributed by atoms with E-state index in [1.54, 1.807) is 17.8 Å². The largest absolute Gasteiger partial charge is 0.320 e. The number of aryl methyl sites for hydroxylation is 1. The number of hydrogen-bond donors (Lipinski definition) is 1. The van der Waals surface area contributed by atoms with E-state index in [-0.39, 0.29) is 5.56 Å². The monoisotopic (exact) mass is 253 g/mol. The van der Waals surface area contributed by atoms with E-state index < -0.39 is 11.7 Å². The maximum atomic E-state index is 13.4. The lowest BCUT2D eigenvalue weighted by Gasteiger charge is -2.05. The number of nitrogens with zero attached hydrogens (tertiary/aromatic N) is 2. The SMILES string of the molecule is Cn1ccnc1NC(=O)c1cc(Cl)ccc1F. The Hall–Kier alpha value is -1.88. The molecule has 4 nitrogen and oxygen atoms in total. The Kier molecular flexibility index (Phi) is 3.10. The van der Waals surface area contributed by atoms with Crippen molar-refractivity contribution in [3.05, 3.63) is 47.0 Å². The fourth-order valence-corrected chi connectivity index (χ4v) is 1.50. The molecular weight excluding hydrogens is 245 g/mol. The molecule has 0 spiro atoms. The van der Waals surface area contributed by atoms with E-state index in [1.807, 2.05) is 0 Å². The molecule has 1 amide bonds. The highest BCUT2D eigenvalue weighted by molar-refractivity contribution is 6.31. The maximum Gasteiger partial charge on any atom is 0.260 e. The first-order chi connectivity index (χ1) is 8.08. The second-order valence-electron chi connectivity index (χ2n) is 3.44. The van der Waals surface area contributed by atoms with Crippen LogP contribution < -0.4 is 5.32 Å². The first kappa shape index (κ1) is 11.6. The average Bonchev–Trinajstić information content (AvgIpc) is 2.68. The number of carbonyl (C=O) groups is 1. The van der Waals surface area contributed by atoms with E-state index in [9.17, 15) is 9.18 Å². The molecule has 0 saturated carbocycles. The van der Waals surface area contributed by atoms with E-state index in [0.29, 0.717) is 11.0 Å². The summed E-state index contributed by atoms with van der Waals surface area (Å²) in [6, 6.07) is 3.80. The number of imidazole rings is 1. The molecule has 0 aliphatic carbocycles. The van der Waals surface area contributed by atoms with Crippen molar-refractivity contribution in [1.29, 1.82) is 0 Å². The molecule has 0 fully saturated rings. The van der Waals surface area contributed by atoms with Crippen LogP contribution >= 0.6 is 11.6 Å². The van der Waals surface area contributed by atoms with Gasteiger partial charge in [0.25, 0.3) is 5.91 Å². The number of amides is 1. The molecule has 1 aromatic carbocycles. The molecule has 0 aliphatic heterocycles. The molecule has 6 heteroatoms. The molecule has 0 radical (unpaired) electrons. The average molecular weight is 254 g/mol. The highest BCUT2D eigenvalue weighted by atomic mass is 35.5. The number of halogens is 2. The van der Waals surface area contributed by atoms with Crippen molar-refractivity contribution in [3.8, 4) is 0 Å². The van der Waals surface area contributed by atoms with Gasteiger partial charge >= 0.3 is 0 Å². The van der Waals surface area contributed by atoms with Gasteiger partial charge in [-0.15, -0.1) is 0 Å². The van der Waals surface area contributed by atoms with Gasteiger partial charge in [-0.25, -0.2) is 9.37 Å². The lowest BCUT2D eigenvalue weighted by Crippen LogP contribution is -2.16. The van der Waals surface area contributed by atoms with Gasteiger partial charge in [0.2, 0.25) is 5.95 Å². The third-order valence-electron chi connectivity index (χ3n) is 2.22. The summed E-state index contributed by atoms with van der Waals surface area (Å²) in [7, 11) is 1.72. The summed E-state index contributed by atoms with van der Waals surface area (Å²) >= 11 is 5.71. The van der Waals surface area contributed by atoms with Crippen molar-refractivity contribution >= 4 is 23.5 Å². The van der Waals surface area contributed by atoms with Crippen molar-refractivity contribution < 1.29 is 9.18 Å². The van der Waals surface area contributed by atoms with Crippen molar-refractivity contribution in [2.24, 2.45) is 7.05 Å². The number of nitrogens with one attached hydrogen (secondary N) is 1. The van der Waals surface area contributed by atoms with Crippen LogP contribution in [-0.4, -0.2) is 15.5 Å². The quantitative estimate of drug-likeness (QED) is 0.894. The highest BCUT2D eigenvalue weighted by Gasteiger charge is 2.13. The Morgan fingerprint density at radius 2 is 2.29 bits per heavy atom. The van der Waals surface area contributed by atoms with Gasteiger partial charge in [-0.1, -0.05) is 11.6 Å². The zero-order valence-electron chi connectivity index (χ0n) is 8.95. The molecule has 0 aliphatic rings. The van der Waals surface area contributed by atoms with Gasteiger partial charge in [0, 0.05) is 24.5 Å². The third kappa shape index (κ3) is 2.45. The molecule has 1 heterocycles. The van der Waals surface area contributed by atoms with Crippen LogP contribution in [0.5, 0.6) is 0 Å². The predicted octanol–water partition coefficient (Wildman–Crippen LogP) is 2.46. The Balaban J connectivity index is 2.26. The molecule has 0 atom stereocenters.